The lowest BCUT2D eigenvalue weighted by molar-refractivity contribution is -0.984. The second kappa shape index (κ2) is 13.3. The van der Waals surface area contributed by atoms with Gasteiger partial charge in [-0.1, -0.05) is 97.1 Å². The Hall–Kier alpha value is -5.04. The number of aliphatic hydroxyl groups is 1. The number of hydrogen-bond donors (Lipinski definition) is 1. The van der Waals surface area contributed by atoms with Crippen molar-refractivity contribution in [1.82, 2.24) is 4.98 Å². The molecule has 3 nitrogen and oxygen atoms in total. The lowest BCUT2D eigenvalue weighted by atomic mass is 9.71. The zero-order valence-corrected chi connectivity index (χ0v) is 28.3. The molecule has 0 spiro atoms. The second-order valence-electron chi connectivity index (χ2n) is 14.3. The van der Waals surface area contributed by atoms with Crippen LogP contribution in [0, 0.1) is 11.8 Å². The second-order valence-corrected chi connectivity index (χ2v) is 14.3. The van der Waals surface area contributed by atoms with E-state index in [2.05, 4.69) is 79.4 Å². The largest absolute Gasteiger partial charge is 0.416 e. The van der Waals surface area contributed by atoms with Crippen LogP contribution in [0.3, 0.4) is 0 Å². The first-order valence-corrected chi connectivity index (χ1v) is 17.7. The molecule has 256 valence electrons. The van der Waals surface area contributed by atoms with Gasteiger partial charge in [-0.2, -0.15) is 13.2 Å². The van der Waals surface area contributed by atoms with Crippen molar-refractivity contribution in [3.05, 3.63) is 163 Å². The number of aliphatic hydroxyl groups excluding tert-OH is 1. The van der Waals surface area contributed by atoms with Crippen LogP contribution in [0.1, 0.15) is 35.6 Å². The highest BCUT2D eigenvalue weighted by atomic mass is 19.4. The first-order chi connectivity index (χ1) is 24.7. The summed E-state index contributed by atoms with van der Waals surface area (Å²) in [6.07, 6.45) is -1.20. The maximum Gasteiger partial charge on any atom is 0.416 e. The highest BCUT2D eigenvalue weighted by Crippen LogP contribution is 2.49. The van der Waals surface area contributed by atoms with Gasteiger partial charge in [0, 0.05) is 35.3 Å². The fourth-order valence-corrected chi connectivity index (χ4v) is 8.75. The molecular formula is C45H40F3N2O+. The number of rotatable bonds is 8. The molecule has 0 amide bonds. The molecule has 5 atom stereocenters. The Morgan fingerprint density at radius 3 is 2.02 bits per heavy atom. The van der Waals surface area contributed by atoms with Crippen molar-refractivity contribution in [1.29, 1.82) is 0 Å². The van der Waals surface area contributed by atoms with Crippen LogP contribution in [0.4, 0.5) is 13.2 Å². The summed E-state index contributed by atoms with van der Waals surface area (Å²) in [6.45, 7) is 6.83. The number of benzene rings is 5. The average Bonchev–Trinajstić information content (AvgIpc) is 3.17. The number of aromatic nitrogens is 1. The van der Waals surface area contributed by atoms with Crippen LogP contribution in [-0.4, -0.2) is 33.7 Å². The smallest absolute Gasteiger partial charge is 0.382 e. The molecule has 2 bridgehead atoms. The standard InChI is InChI=1S/C45H40F3N2O/c1-2-31-29-50(28-30-23-36(32-11-5-3-6-12-32)25-37(24-30)33-13-7-4-8-14-33)22-21-35(31)26-43(50)44(51)40-27-42(49-41-16-10-9-15-39(40)41)34-17-19-38(20-18-34)45(46,47)48/h2-20,23-25,27,31,35,43-44,51H,1,21-22,26,28-29H2/q+1/t31-,35-,43+,44-,50+/m0/s1. The summed E-state index contributed by atoms with van der Waals surface area (Å²) in [6, 6.07) is 42.5. The van der Waals surface area contributed by atoms with Crippen LogP contribution < -0.4 is 0 Å². The number of nitrogens with zero attached hydrogens (tertiary/aromatic N) is 2. The third-order valence-corrected chi connectivity index (χ3v) is 11.3. The normalized spacial score (nSPS) is 22.2. The Morgan fingerprint density at radius 2 is 1.39 bits per heavy atom. The SMILES string of the molecule is C=C[C@H]1C[N@+]2(Cc3cc(-c4ccccc4)cc(-c4ccccc4)c3)CC[C@H]1C[C@@H]2[C@@H](O)c1cc(-c2ccc(C(F)(F)F)cc2)nc2ccccc12. The van der Waals surface area contributed by atoms with Crippen molar-refractivity contribution in [3.63, 3.8) is 0 Å². The summed E-state index contributed by atoms with van der Waals surface area (Å²) < 4.78 is 40.9. The molecule has 0 radical (unpaired) electrons. The highest BCUT2D eigenvalue weighted by molar-refractivity contribution is 5.85. The molecule has 4 heterocycles. The summed E-state index contributed by atoms with van der Waals surface area (Å²) in [4.78, 5) is 4.85. The fourth-order valence-electron chi connectivity index (χ4n) is 8.75. The molecule has 0 saturated carbocycles. The number of fused-ring (bicyclic) bond motifs is 4. The van der Waals surface area contributed by atoms with Crippen LogP contribution >= 0.6 is 0 Å². The third-order valence-electron chi connectivity index (χ3n) is 11.3. The van der Waals surface area contributed by atoms with Gasteiger partial charge < -0.3 is 9.59 Å². The Kier molecular flexibility index (Phi) is 8.61. The summed E-state index contributed by atoms with van der Waals surface area (Å²) in [5.74, 6) is 0.783. The van der Waals surface area contributed by atoms with Gasteiger partial charge in [-0.3, -0.25) is 0 Å². The number of halogens is 3. The fraction of sp³-hybridized carbons (Fsp3) is 0.222. The van der Waals surface area contributed by atoms with E-state index in [1.54, 1.807) is 0 Å². The van der Waals surface area contributed by atoms with Crippen LogP contribution in [0.15, 0.2) is 146 Å². The van der Waals surface area contributed by atoms with Gasteiger partial charge in [-0.05, 0) is 76.2 Å². The molecule has 6 aromatic rings. The van der Waals surface area contributed by atoms with Gasteiger partial charge in [-0.25, -0.2) is 4.98 Å². The molecule has 6 heteroatoms. The van der Waals surface area contributed by atoms with Crippen molar-refractivity contribution in [2.45, 2.75) is 37.7 Å². The predicted molar refractivity (Wildman–Crippen MR) is 198 cm³/mol. The highest BCUT2D eigenvalue weighted by Gasteiger charge is 2.54. The van der Waals surface area contributed by atoms with Crippen LogP contribution in [0.5, 0.6) is 0 Å². The summed E-state index contributed by atoms with van der Waals surface area (Å²) in [5.41, 5.74) is 7.77. The first-order valence-electron chi connectivity index (χ1n) is 17.7. The van der Waals surface area contributed by atoms with Crippen LogP contribution in [-0.2, 0) is 12.7 Å². The molecule has 0 unspecified atom stereocenters. The molecule has 0 aliphatic carbocycles. The van der Waals surface area contributed by atoms with Gasteiger partial charge in [0.1, 0.15) is 18.7 Å². The van der Waals surface area contributed by atoms with E-state index >= 15 is 0 Å². The van der Waals surface area contributed by atoms with Crippen molar-refractivity contribution >= 4 is 10.9 Å². The van der Waals surface area contributed by atoms with Gasteiger partial charge in [0.25, 0.3) is 0 Å². The van der Waals surface area contributed by atoms with Crippen LogP contribution in [0.25, 0.3) is 44.4 Å². The molecule has 1 aromatic heterocycles. The van der Waals surface area contributed by atoms with Crippen LogP contribution in [0.2, 0.25) is 0 Å². The molecule has 1 N–H and O–H groups in total. The monoisotopic (exact) mass is 681 g/mol. The lowest BCUT2D eigenvalue weighted by Gasteiger charge is -2.58. The van der Waals surface area contributed by atoms with E-state index < -0.39 is 17.8 Å². The topological polar surface area (TPSA) is 33.1 Å². The number of para-hydroxylation sites is 1. The van der Waals surface area contributed by atoms with E-state index in [0.29, 0.717) is 28.6 Å². The number of alkyl halides is 3. The lowest BCUT2D eigenvalue weighted by Crippen LogP contribution is -2.67. The molecular weight excluding hydrogens is 642 g/mol. The first kappa shape index (κ1) is 33.1. The minimum absolute atomic E-state index is 0.0910. The molecule has 3 aliphatic heterocycles. The summed E-state index contributed by atoms with van der Waals surface area (Å²) in [7, 11) is 0. The van der Waals surface area contributed by atoms with E-state index in [4.69, 9.17) is 4.98 Å². The Labute approximate surface area is 296 Å². The average molecular weight is 682 g/mol. The third kappa shape index (κ3) is 6.39. The summed E-state index contributed by atoms with van der Waals surface area (Å²) in [5, 5.41) is 13.5. The number of hydrogen-bond acceptors (Lipinski definition) is 2. The zero-order chi connectivity index (χ0) is 35.2. The summed E-state index contributed by atoms with van der Waals surface area (Å²) >= 11 is 0. The number of quaternary nitrogens is 1. The van der Waals surface area contributed by atoms with Crippen molar-refractivity contribution in [2.75, 3.05) is 13.1 Å². The minimum atomic E-state index is -4.42. The van der Waals surface area contributed by atoms with Gasteiger partial charge in [0.05, 0.1) is 29.9 Å². The Bertz CT molecular complexity index is 2120. The van der Waals surface area contributed by atoms with E-state index in [1.165, 1.54) is 17.7 Å². The van der Waals surface area contributed by atoms with Gasteiger partial charge in [0.2, 0.25) is 0 Å². The Balaban J connectivity index is 1.22. The van der Waals surface area contributed by atoms with Crippen molar-refractivity contribution in [2.24, 2.45) is 11.8 Å². The maximum absolute atomic E-state index is 13.4. The van der Waals surface area contributed by atoms with Gasteiger partial charge in [0.15, 0.2) is 0 Å². The molecule has 3 saturated heterocycles. The van der Waals surface area contributed by atoms with Crippen molar-refractivity contribution < 1.29 is 22.8 Å². The molecule has 9 rings (SSSR count). The van der Waals surface area contributed by atoms with E-state index in [9.17, 15) is 18.3 Å². The van der Waals surface area contributed by atoms with E-state index in [0.717, 1.165) is 82.3 Å². The van der Waals surface area contributed by atoms with E-state index in [1.807, 2.05) is 42.5 Å². The number of pyridine rings is 1. The Morgan fingerprint density at radius 1 is 0.765 bits per heavy atom. The molecule has 51 heavy (non-hydrogen) atoms. The van der Waals surface area contributed by atoms with E-state index in [-0.39, 0.29) is 6.04 Å². The quantitative estimate of drug-likeness (QED) is 0.128. The predicted octanol–water partition coefficient (Wildman–Crippen LogP) is 10.9. The molecule has 3 fully saturated rings. The van der Waals surface area contributed by atoms with Gasteiger partial charge in [-0.15, -0.1) is 6.58 Å². The minimum Gasteiger partial charge on any atom is -0.382 e. The van der Waals surface area contributed by atoms with Crippen molar-refractivity contribution in [3.8, 4) is 33.5 Å². The zero-order valence-electron chi connectivity index (χ0n) is 28.3. The van der Waals surface area contributed by atoms with Gasteiger partial charge >= 0.3 is 6.18 Å². The number of piperidine rings is 3. The molecule has 5 aromatic carbocycles. The maximum atomic E-state index is 13.4. The molecule has 3 aliphatic rings.